The molecule has 2 aliphatic rings. The Morgan fingerprint density at radius 2 is 1.64 bits per heavy atom. The Hall–Kier alpha value is -2.44. The van der Waals surface area contributed by atoms with Crippen LogP contribution < -0.4 is 5.32 Å². The third kappa shape index (κ3) is 3.97. The van der Waals surface area contributed by atoms with Gasteiger partial charge in [-0.15, -0.1) is 0 Å². The molecule has 0 saturated heterocycles. The van der Waals surface area contributed by atoms with Crippen molar-refractivity contribution in [2.45, 2.75) is 32.7 Å². The lowest BCUT2D eigenvalue weighted by Gasteiger charge is -2.27. The molecule has 0 aliphatic carbocycles. The minimum atomic E-state index is 0.972. The van der Waals surface area contributed by atoms with E-state index in [0.717, 1.165) is 45.8 Å². The van der Waals surface area contributed by atoms with Gasteiger partial charge < -0.3 is 14.5 Å². The summed E-state index contributed by atoms with van der Waals surface area (Å²) in [5.74, 6) is 0. The lowest BCUT2D eigenvalue weighted by atomic mass is 10.2. The predicted molar refractivity (Wildman–Crippen MR) is 96.7 cm³/mol. The maximum absolute atomic E-state index is 4.18. The van der Waals surface area contributed by atoms with Crippen LogP contribution in [-0.4, -0.2) is 37.1 Å². The molecule has 1 N–H and O–H groups in total. The van der Waals surface area contributed by atoms with Gasteiger partial charge in [0.2, 0.25) is 0 Å². The van der Waals surface area contributed by atoms with Crippen molar-refractivity contribution in [2.75, 3.05) is 13.1 Å². The molecule has 0 amide bonds. The quantitative estimate of drug-likeness (QED) is 0.776. The van der Waals surface area contributed by atoms with Gasteiger partial charge in [-0.25, -0.2) is 9.97 Å². The molecule has 130 valence electrons. The van der Waals surface area contributed by atoms with E-state index in [4.69, 9.17) is 0 Å². The topological polar surface area (TPSA) is 50.9 Å². The Labute approximate surface area is 148 Å². The average molecular weight is 336 g/mol. The number of benzene rings is 1. The number of aromatic nitrogens is 4. The summed E-state index contributed by atoms with van der Waals surface area (Å²) in [7, 11) is 0. The zero-order valence-corrected chi connectivity index (χ0v) is 14.4. The van der Waals surface area contributed by atoms with Crippen molar-refractivity contribution in [1.29, 1.82) is 0 Å². The maximum atomic E-state index is 4.18. The minimum absolute atomic E-state index is 0.972. The Morgan fingerprint density at radius 1 is 0.880 bits per heavy atom. The summed E-state index contributed by atoms with van der Waals surface area (Å²) < 4.78 is 4.41. The molecule has 1 aromatic carbocycles. The molecule has 0 fully saturated rings. The van der Waals surface area contributed by atoms with Gasteiger partial charge >= 0.3 is 0 Å². The van der Waals surface area contributed by atoms with Gasteiger partial charge in [-0.3, -0.25) is 4.90 Å². The van der Waals surface area contributed by atoms with E-state index in [9.17, 15) is 0 Å². The Kier molecular flexibility index (Phi) is 4.90. The van der Waals surface area contributed by atoms with Crippen LogP contribution in [0.1, 0.15) is 17.0 Å². The van der Waals surface area contributed by atoms with Crippen LogP contribution in [0.2, 0.25) is 0 Å². The summed E-state index contributed by atoms with van der Waals surface area (Å²) >= 11 is 0. The molecule has 0 bridgehead atoms. The van der Waals surface area contributed by atoms with E-state index in [-0.39, 0.29) is 0 Å². The van der Waals surface area contributed by atoms with Crippen molar-refractivity contribution in [3.63, 3.8) is 0 Å². The maximum Gasteiger partial charge on any atom is 0.0949 e. The lowest BCUT2D eigenvalue weighted by molar-refractivity contribution is 0.213. The van der Waals surface area contributed by atoms with Gasteiger partial charge in [-0.2, -0.15) is 0 Å². The van der Waals surface area contributed by atoms with Crippen LogP contribution in [0.5, 0.6) is 0 Å². The Balaban J connectivity index is 0.000000147. The zero-order chi connectivity index (χ0) is 16.9. The van der Waals surface area contributed by atoms with E-state index in [1.165, 1.54) is 17.0 Å². The van der Waals surface area contributed by atoms with Crippen LogP contribution in [-0.2, 0) is 32.7 Å². The molecule has 4 heterocycles. The zero-order valence-electron chi connectivity index (χ0n) is 14.4. The van der Waals surface area contributed by atoms with Crippen LogP contribution >= 0.6 is 0 Å². The van der Waals surface area contributed by atoms with Gasteiger partial charge in [0.25, 0.3) is 0 Å². The second-order valence-corrected chi connectivity index (χ2v) is 6.53. The van der Waals surface area contributed by atoms with E-state index < -0.39 is 0 Å². The average Bonchev–Trinajstić information content (AvgIpc) is 3.32. The molecule has 0 radical (unpaired) electrons. The summed E-state index contributed by atoms with van der Waals surface area (Å²) in [6, 6.07) is 10.6. The number of rotatable bonds is 2. The highest BCUT2D eigenvalue weighted by molar-refractivity contribution is 5.15. The molecule has 25 heavy (non-hydrogen) atoms. The monoisotopic (exact) mass is 336 g/mol. The molecule has 6 heteroatoms. The van der Waals surface area contributed by atoms with Crippen molar-refractivity contribution < 1.29 is 0 Å². The number of fused-ring (bicyclic) bond motifs is 2. The normalized spacial score (nSPS) is 16.5. The SMILES string of the molecule is c1ccc(CN2CCn3cncc3C2)cc1.c1ncn2c1CNCC2. The molecule has 2 aliphatic heterocycles. The molecule has 0 spiro atoms. The van der Waals surface area contributed by atoms with Gasteiger partial charge in [0.05, 0.1) is 24.0 Å². The first-order valence-electron chi connectivity index (χ1n) is 8.83. The lowest BCUT2D eigenvalue weighted by Crippen LogP contribution is -2.32. The predicted octanol–water partition coefficient (Wildman–Crippen LogP) is 1.89. The number of hydrogen-bond donors (Lipinski definition) is 1. The molecular formula is C19H24N6. The molecule has 0 unspecified atom stereocenters. The number of imidazole rings is 2. The first-order valence-corrected chi connectivity index (χ1v) is 8.83. The first-order chi connectivity index (χ1) is 12.4. The number of nitrogens with one attached hydrogen (secondary N) is 1. The summed E-state index contributed by atoms with van der Waals surface area (Å²) in [5, 5.41) is 3.27. The second kappa shape index (κ2) is 7.63. The van der Waals surface area contributed by atoms with E-state index in [1.807, 2.05) is 25.0 Å². The Bertz CT molecular complexity index is 771. The van der Waals surface area contributed by atoms with E-state index >= 15 is 0 Å². The third-order valence-electron chi connectivity index (χ3n) is 4.72. The van der Waals surface area contributed by atoms with Crippen LogP contribution in [0.4, 0.5) is 0 Å². The molecule has 0 atom stereocenters. The fourth-order valence-electron chi connectivity index (χ4n) is 3.33. The molecule has 0 saturated carbocycles. The third-order valence-corrected chi connectivity index (χ3v) is 4.72. The highest BCUT2D eigenvalue weighted by Gasteiger charge is 2.15. The van der Waals surface area contributed by atoms with Crippen LogP contribution in [0.15, 0.2) is 55.4 Å². The van der Waals surface area contributed by atoms with Crippen molar-refractivity contribution in [3.05, 3.63) is 72.3 Å². The van der Waals surface area contributed by atoms with Crippen molar-refractivity contribution in [1.82, 2.24) is 29.3 Å². The van der Waals surface area contributed by atoms with Crippen LogP contribution in [0.3, 0.4) is 0 Å². The van der Waals surface area contributed by atoms with E-state index in [0.29, 0.717) is 0 Å². The molecular weight excluding hydrogens is 312 g/mol. The van der Waals surface area contributed by atoms with Gasteiger partial charge in [0.1, 0.15) is 0 Å². The highest BCUT2D eigenvalue weighted by Crippen LogP contribution is 2.14. The summed E-state index contributed by atoms with van der Waals surface area (Å²) in [4.78, 5) is 10.7. The molecule has 6 nitrogen and oxygen atoms in total. The minimum Gasteiger partial charge on any atom is -0.332 e. The second-order valence-electron chi connectivity index (χ2n) is 6.53. The molecule has 5 rings (SSSR count). The summed E-state index contributed by atoms with van der Waals surface area (Å²) in [6.45, 7) is 7.32. The van der Waals surface area contributed by atoms with Gasteiger partial charge in [0, 0.05) is 58.2 Å². The number of nitrogens with zero attached hydrogens (tertiary/aromatic N) is 5. The smallest absolute Gasteiger partial charge is 0.0949 e. The van der Waals surface area contributed by atoms with Gasteiger partial charge in [-0.1, -0.05) is 30.3 Å². The standard InChI is InChI=1S/C13H15N3.C6H9N3/c1-2-4-12(5-3-1)9-15-6-7-16-11-14-8-13(16)10-15;1-2-9-5-8-4-6(9)3-7-1/h1-5,8,11H,6-7,9-10H2;4-5,7H,1-3H2. The fourth-order valence-corrected chi connectivity index (χ4v) is 3.33. The van der Waals surface area contributed by atoms with E-state index in [2.05, 4.69) is 59.7 Å². The highest BCUT2D eigenvalue weighted by atomic mass is 15.2. The molecule has 2 aromatic heterocycles. The van der Waals surface area contributed by atoms with Gasteiger partial charge in [-0.05, 0) is 5.56 Å². The van der Waals surface area contributed by atoms with Gasteiger partial charge in [0.15, 0.2) is 0 Å². The number of hydrogen-bond acceptors (Lipinski definition) is 4. The van der Waals surface area contributed by atoms with Crippen molar-refractivity contribution in [3.8, 4) is 0 Å². The van der Waals surface area contributed by atoms with E-state index in [1.54, 1.807) is 0 Å². The van der Waals surface area contributed by atoms with Crippen LogP contribution in [0.25, 0.3) is 0 Å². The molecule has 3 aromatic rings. The fraction of sp³-hybridized carbons (Fsp3) is 0.368. The van der Waals surface area contributed by atoms with Crippen molar-refractivity contribution >= 4 is 0 Å². The van der Waals surface area contributed by atoms with Crippen molar-refractivity contribution in [2.24, 2.45) is 0 Å². The van der Waals surface area contributed by atoms with Crippen LogP contribution in [0, 0.1) is 0 Å². The Morgan fingerprint density at radius 3 is 2.44 bits per heavy atom. The summed E-state index contributed by atoms with van der Waals surface area (Å²) in [5.41, 5.74) is 4.00. The largest absolute Gasteiger partial charge is 0.332 e. The first kappa shape index (κ1) is 16.1. The summed E-state index contributed by atoms with van der Waals surface area (Å²) in [6.07, 6.45) is 7.69.